The molecule has 0 bridgehead atoms. The van der Waals surface area contributed by atoms with Crippen LogP contribution in [-0.2, 0) is 4.74 Å². The largest absolute Gasteiger partial charge is 0.373 e. The van der Waals surface area contributed by atoms with Gasteiger partial charge in [0.05, 0.1) is 17.0 Å². The molecule has 2 heterocycles. The molecule has 0 N–H and O–H groups in total. The lowest BCUT2D eigenvalue weighted by atomic mass is 9.95. The molecule has 0 amide bonds. The second-order valence-corrected chi connectivity index (χ2v) is 6.69. The van der Waals surface area contributed by atoms with Crippen molar-refractivity contribution in [1.82, 2.24) is 10.1 Å². The van der Waals surface area contributed by atoms with Gasteiger partial charge in [0, 0.05) is 12.2 Å². The van der Waals surface area contributed by atoms with Crippen molar-refractivity contribution >= 4 is 11.6 Å². The Balaban J connectivity index is 1.63. The number of halogens is 3. The molecule has 0 aliphatic carbocycles. The Kier molecular flexibility index (Phi) is 4.46. The molecule has 1 aromatic heterocycles. The molecule has 4 rings (SSSR count). The zero-order valence-electron chi connectivity index (χ0n) is 13.9. The van der Waals surface area contributed by atoms with E-state index in [-0.39, 0.29) is 16.8 Å². The summed E-state index contributed by atoms with van der Waals surface area (Å²) in [5.74, 6) is -0.329. The minimum atomic E-state index is -0.500. The van der Waals surface area contributed by atoms with E-state index >= 15 is 0 Å². The zero-order chi connectivity index (χ0) is 18.3. The molecule has 2 atom stereocenters. The minimum Gasteiger partial charge on any atom is -0.373 e. The molecule has 0 saturated carbocycles. The summed E-state index contributed by atoms with van der Waals surface area (Å²) in [6, 6.07) is 9.36. The van der Waals surface area contributed by atoms with E-state index in [0.717, 1.165) is 0 Å². The van der Waals surface area contributed by atoms with Crippen LogP contribution in [-0.4, -0.2) is 16.7 Å². The van der Waals surface area contributed by atoms with Crippen molar-refractivity contribution in [2.24, 2.45) is 0 Å². The summed E-state index contributed by atoms with van der Waals surface area (Å²) in [7, 11) is 0. The molecule has 1 saturated heterocycles. The van der Waals surface area contributed by atoms with Crippen LogP contribution in [0.3, 0.4) is 0 Å². The number of ether oxygens (including phenoxy) is 1. The standard InChI is InChI=1S/C19H15ClF2N2O2/c1-10-2-3-12(9-15(10)21)18-23-19(26-24-18)13-6-7-25-17(13)11-4-5-14(20)16(22)8-11/h2-5,8-9,13,17H,6-7H2,1H3/t13-,17+/m0/s1. The molecule has 7 heteroatoms. The van der Waals surface area contributed by atoms with Gasteiger partial charge in [0.1, 0.15) is 11.6 Å². The third-order valence-electron chi connectivity index (χ3n) is 4.55. The predicted octanol–water partition coefficient (Wildman–Crippen LogP) is 5.22. The van der Waals surface area contributed by atoms with Crippen LogP contribution >= 0.6 is 11.6 Å². The summed E-state index contributed by atoms with van der Waals surface area (Å²) >= 11 is 5.75. The maximum Gasteiger partial charge on any atom is 0.233 e. The number of hydrogen-bond acceptors (Lipinski definition) is 4. The van der Waals surface area contributed by atoms with E-state index in [1.807, 2.05) is 0 Å². The Bertz CT molecular complexity index is 960. The van der Waals surface area contributed by atoms with Gasteiger partial charge in [-0.25, -0.2) is 8.78 Å². The molecular weight excluding hydrogens is 362 g/mol. The van der Waals surface area contributed by atoms with E-state index in [1.165, 1.54) is 18.2 Å². The summed E-state index contributed by atoms with van der Waals surface area (Å²) in [4.78, 5) is 4.40. The Morgan fingerprint density at radius 1 is 1.12 bits per heavy atom. The molecule has 1 aliphatic heterocycles. The van der Waals surface area contributed by atoms with Crippen LogP contribution in [0.15, 0.2) is 40.9 Å². The summed E-state index contributed by atoms with van der Waals surface area (Å²) in [6.45, 7) is 2.18. The molecule has 1 aliphatic rings. The van der Waals surface area contributed by atoms with Gasteiger partial charge >= 0.3 is 0 Å². The number of aryl methyl sites for hydroxylation is 1. The lowest BCUT2D eigenvalue weighted by Gasteiger charge is -2.16. The molecule has 3 aromatic rings. The smallest absolute Gasteiger partial charge is 0.233 e. The van der Waals surface area contributed by atoms with E-state index in [2.05, 4.69) is 10.1 Å². The van der Waals surface area contributed by atoms with Crippen LogP contribution in [0, 0.1) is 18.6 Å². The number of hydrogen-bond donors (Lipinski definition) is 0. The highest BCUT2D eigenvalue weighted by Crippen LogP contribution is 2.42. The predicted molar refractivity (Wildman–Crippen MR) is 91.9 cm³/mol. The van der Waals surface area contributed by atoms with E-state index < -0.39 is 11.9 Å². The van der Waals surface area contributed by atoms with Crippen molar-refractivity contribution in [3.8, 4) is 11.4 Å². The molecule has 0 unspecified atom stereocenters. The first kappa shape index (κ1) is 17.1. The molecule has 0 radical (unpaired) electrons. The Morgan fingerprint density at radius 3 is 2.73 bits per heavy atom. The number of nitrogens with zero attached hydrogens (tertiary/aromatic N) is 2. The molecule has 4 nitrogen and oxygen atoms in total. The second kappa shape index (κ2) is 6.78. The number of benzene rings is 2. The minimum absolute atomic E-state index is 0.0600. The van der Waals surface area contributed by atoms with Crippen molar-refractivity contribution in [3.63, 3.8) is 0 Å². The van der Waals surface area contributed by atoms with Crippen LogP contribution in [0.1, 0.15) is 35.5 Å². The van der Waals surface area contributed by atoms with Gasteiger partial charge in [0.2, 0.25) is 11.7 Å². The van der Waals surface area contributed by atoms with Crippen LogP contribution in [0.4, 0.5) is 8.78 Å². The fraction of sp³-hybridized carbons (Fsp3) is 0.263. The van der Waals surface area contributed by atoms with Gasteiger partial charge in [0.15, 0.2) is 0 Å². The fourth-order valence-corrected chi connectivity index (χ4v) is 3.21. The van der Waals surface area contributed by atoms with Crippen LogP contribution in [0.5, 0.6) is 0 Å². The number of aromatic nitrogens is 2. The Hall–Kier alpha value is -2.31. The van der Waals surface area contributed by atoms with Crippen molar-refractivity contribution in [3.05, 3.63) is 70.1 Å². The molecule has 26 heavy (non-hydrogen) atoms. The van der Waals surface area contributed by atoms with E-state index in [1.54, 1.807) is 25.1 Å². The number of rotatable bonds is 3. The summed E-state index contributed by atoms with van der Waals surface area (Å²) in [5, 5.41) is 4.02. The van der Waals surface area contributed by atoms with E-state index in [4.69, 9.17) is 20.9 Å². The summed E-state index contributed by atoms with van der Waals surface area (Å²) in [5.41, 5.74) is 1.75. The first-order valence-electron chi connectivity index (χ1n) is 8.19. The highest BCUT2D eigenvalue weighted by Gasteiger charge is 2.35. The lowest BCUT2D eigenvalue weighted by molar-refractivity contribution is 0.0984. The molecule has 2 aromatic carbocycles. The van der Waals surface area contributed by atoms with Gasteiger partial charge in [-0.15, -0.1) is 0 Å². The Labute approximate surface area is 153 Å². The van der Waals surface area contributed by atoms with Gasteiger partial charge in [-0.05, 0) is 42.7 Å². The Morgan fingerprint density at radius 2 is 1.96 bits per heavy atom. The van der Waals surface area contributed by atoms with Gasteiger partial charge in [-0.3, -0.25) is 0 Å². The van der Waals surface area contributed by atoms with Crippen molar-refractivity contribution < 1.29 is 18.0 Å². The molecular formula is C19H15ClF2N2O2. The van der Waals surface area contributed by atoms with Gasteiger partial charge in [0.25, 0.3) is 0 Å². The van der Waals surface area contributed by atoms with E-state index in [0.29, 0.717) is 41.4 Å². The lowest BCUT2D eigenvalue weighted by Crippen LogP contribution is -2.07. The van der Waals surface area contributed by atoms with Gasteiger partial charge in [-0.1, -0.05) is 35.0 Å². The first-order chi connectivity index (χ1) is 12.5. The SMILES string of the molecule is Cc1ccc(-c2noc([C@H]3CCO[C@@H]3c3ccc(Cl)c(F)c3)n2)cc1F. The van der Waals surface area contributed by atoms with Crippen LogP contribution in [0.2, 0.25) is 5.02 Å². The summed E-state index contributed by atoms with van der Waals surface area (Å²) < 4.78 is 38.7. The van der Waals surface area contributed by atoms with Crippen molar-refractivity contribution in [1.29, 1.82) is 0 Å². The average molecular weight is 377 g/mol. The highest BCUT2D eigenvalue weighted by atomic mass is 35.5. The third-order valence-corrected chi connectivity index (χ3v) is 4.86. The maximum absolute atomic E-state index is 13.8. The zero-order valence-corrected chi connectivity index (χ0v) is 14.6. The normalized spacial score (nSPS) is 19.8. The average Bonchev–Trinajstić information content (AvgIpc) is 3.28. The van der Waals surface area contributed by atoms with E-state index in [9.17, 15) is 8.78 Å². The fourth-order valence-electron chi connectivity index (χ4n) is 3.10. The van der Waals surface area contributed by atoms with Crippen LogP contribution < -0.4 is 0 Å². The maximum atomic E-state index is 13.8. The summed E-state index contributed by atoms with van der Waals surface area (Å²) in [6.07, 6.45) is 0.267. The molecule has 134 valence electrons. The molecule has 1 fully saturated rings. The monoisotopic (exact) mass is 376 g/mol. The van der Waals surface area contributed by atoms with Gasteiger partial charge < -0.3 is 9.26 Å². The topological polar surface area (TPSA) is 48.2 Å². The highest BCUT2D eigenvalue weighted by molar-refractivity contribution is 6.30. The first-order valence-corrected chi connectivity index (χ1v) is 8.57. The second-order valence-electron chi connectivity index (χ2n) is 6.28. The molecule has 0 spiro atoms. The quantitative estimate of drug-likeness (QED) is 0.628. The van der Waals surface area contributed by atoms with Gasteiger partial charge in [-0.2, -0.15) is 4.98 Å². The van der Waals surface area contributed by atoms with Crippen molar-refractivity contribution in [2.75, 3.05) is 6.61 Å². The third kappa shape index (κ3) is 3.10. The van der Waals surface area contributed by atoms with Crippen molar-refractivity contribution in [2.45, 2.75) is 25.4 Å². The van der Waals surface area contributed by atoms with Crippen LogP contribution in [0.25, 0.3) is 11.4 Å².